The smallest absolute Gasteiger partial charge is 0.224 e. The minimum atomic E-state index is 0.131. The van der Waals surface area contributed by atoms with Crippen LogP contribution in [0.1, 0.15) is 11.6 Å². The van der Waals surface area contributed by atoms with Gasteiger partial charge in [-0.05, 0) is 25.4 Å². The third-order valence-corrected chi connectivity index (χ3v) is 2.02. The molecule has 0 aliphatic rings. The molecule has 0 unspecified atom stereocenters. The highest BCUT2D eigenvalue weighted by Gasteiger charge is 2.10. The van der Waals surface area contributed by atoms with Crippen molar-refractivity contribution in [1.82, 2.24) is 24.7 Å². The van der Waals surface area contributed by atoms with Crippen molar-refractivity contribution < 1.29 is 0 Å². The van der Waals surface area contributed by atoms with E-state index in [0.29, 0.717) is 23.2 Å². The van der Waals surface area contributed by atoms with E-state index in [0.717, 1.165) is 0 Å². The van der Waals surface area contributed by atoms with E-state index >= 15 is 0 Å². The summed E-state index contributed by atoms with van der Waals surface area (Å²) in [7, 11) is 0. The van der Waals surface area contributed by atoms with Crippen molar-refractivity contribution in [2.24, 2.45) is 0 Å². The van der Waals surface area contributed by atoms with E-state index in [1.54, 1.807) is 6.92 Å². The van der Waals surface area contributed by atoms with Gasteiger partial charge in [-0.2, -0.15) is 9.67 Å². The first-order chi connectivity index (χ1) is 7.08. The summed E-state index contributed by atoms with van der Waals surface area (Å²) < 4.78 is 1.54. The third-order valence-electron chi connectivity index (χ3n) is 1.84. The van der Waals surface area contributed by atoms with Crippen LogP contribution in [0.3, 0.4) is 0 Å². The molecule has 2 heterocycles. The maximum Gasteiger partial charge on any atom is 0.224 e. The average Bonchev–Trinajstić information content (AvgIpc) is 2.50. The quantitative estimate of drug-likeness (QED) is 0.728. The molecule has 2 N–H and O–H groups in total. The second-order valence-corrected chi connectivity index (χ2v) is 3.37. The Kier molecular flexibility index (Phi) is 2.28. The number of halogens is 1. The summed E-state index contributed by atoms with van der Waals surface area (Å²) in [6.45, 7) is 3.61. The summed E-state index contributed by atoms with van der Waals surface area (Å²) in [5, 5.41) is 4.29. The molecule has 0 aliphatic carbocycles. The van der Waals surface area contributed by atoms with Crippen LogP contribution in [0.2, 0.25) is 5.28 Å². The summed E-state index contributed by atoms with van der Waals surface area (Å²) in [6, 6.07) is 0. The van der Waals surface area contributed by atoms with Crippen molar-refractivity contribution in [3.63, 3.8) is 0 Å². The SMILES string of the molecule is Cc1nc(C)n(-c2nc(Cl)ncc2N)n1. The van der Waals surface area contributed by atoms with Crippen LogP contribution in [0, 0.1) is 13.8 Å². The van der Waals surface area contributed by atoms with Crippen LogP contribution in [0.4, 0.5) is 5.69 Å². The van der Waals surface area contributed by atoms with E-state index in [2.05, 4.69) is 20.1 Å². The highest BCUT2D eigenvalue weighted by molar-refractivity contribution is 6.28. The topological polar surface area (TPSA) is 82.5 Å². The molecule has 0 saturated carbocycles. The van der Waals surface area contributed by atoms with Gasteiger partial charge in [-0.3, -0.25) is 0 Å². The molecule has 0 saturated heterocycles. The molecule has 2 aromatic heterocycles. The zero-order valence-electron chi connectivity index (χ0n) is 8.27. The first-order valence-electron chi connectivity index (χ1n) is 4.26. The van der Waals surface area contributed by atoms with Gasteiger partial charge >= 0.3 is 0 Å². The zero-order valence-corrected chi connectivity index (χ0v) is 9.02. The molecule has 0 aliphatic heterocycles. The van der Waals surface area contributed by atoms with E-state index in [9.17, 15) is 0 Å². The third kappa shape index (κ3) is 1.75. The lowest BCUT2D eigenvalue weighted by atomic mass is 10.5. The summed E-state index contributed by atoms with van der Waals surface area (Å²) in [6.07, 6.45) is 1.45. The largest absolute Gasteiger partial charge is 0.394 e. The highest BCUT2D eigenvalue weighted by atomic mass is 35.5. The summed E-state index contributed by atoms with van der Waals surface area (Å²) in [5.41, 5.74) is 6.14. The number of rotatable bonds is 1. The average molecular weight is 225 g/mol. The van der Waals surface area contributed by atoms with Crippen LogP contribution in [0.5, 0.6) is 0 Å². The van der Waals surface area contributed by atoms with E-state index in [4.69, 9.17) is 17.3 Å². The molecule has 0 radical (unpaired) electrons. The molecule has 2 rings (SSSR count). The predicted octanol–water partition coefficient (Wildman–Crippen LogP) is 0.910. The number of hydrogen-bond donors (Lipinski definition) is 1. The lowest BCUT2D eigenvalue weighted by Gasteiger charge is -2.04. The first kappa shape index (κ1) is 9.85. The summed E-state index contributed by atoms with van der Waals surface area (Å²) in [5.74, 6) is 1.81. The summed E-state index contributed by atoms with van der Waals surface area (Å²) >= 11 is 5.69. The van der Waals surface area contributed by atoms with Gasteiger partial charge in [0, 0.05) is 0 Å². The standard InChI is InChI=1S/C8H9ClN6/c1-4-12-5(2)15(14-4)7-6(10)3-11-8(9)13-7/h3H,10H2,1-2H3. The van der Waals surface area contributed by atoms with Gasteiger partial charge in [0.2, 0.25) is 5.28 Å². The van der Waals surface area contributed by atoms with E-state index in [1.165, 1.54) is 10.9 Å². The number of aryl methyl sites for hydroxylation is 2. The molecule has 0 fully saturated rings. The Bertz CT molecular complexity index is 506. The molecular weight excluding hydrogens is 216 g/mol. The first-order valence-corrected chi connectivity index (χ1v) is 4.64. The molecule has 7 heteroatoms. The van der Waals surface area contributed by atoms with Crippen LogP contribution in [0.15, 0.2) is 6.20 Å². The van der Waals surface area contributed by atoms with Crippen LogP contribution < -0.4 is 5.73 Å². The van der Waals surface area contributed by atoms with Crippen molar-refractivity contribution >= 4 is 17.3 Å². The molecule has 6 nitrogen and oxygen atoms in total. The number of nitrogen functional groups attached to an aromatic ring is 1. The maximum atomic E-state index is 5.73. The molecule has 0 bridgehead atoms. The molecule has 15 heavy (non-hydrogen) atoms. The van der Waals surface area contributed by atoms with Gasteiger partial charge in [0.1, 0.15) is 11.6 Å². The number of nitrogens with two attached hydrogens (primary N) is 1. The Morgan fingerprint density at radius 2 is 2.07 bits per heavy atom. The lowest BCUT2D eigenvalue weighted by Crippen LogP contribution is -2.07. The molecule has 0 atom stereocenters. The summed E-state index contributed by atoms with van der Waals surface area (Å²) in [4.78, 5) is 11.9. The predicted molar refractivity (Wildman–Crippen MR) is 55.8 cm³/mol. The Morgan fingerprint density at radius 1 is 1.33 bits per heavy atom. The van der Waals surface area contributed by atoms with Gasteiger partial charge in [0.05, 0.1) is 11.9 Å². The van der Waals surface area contributed by atoms with E-state index in [-0.39, 0.29) is 5.28 Å². The molecule has 2 aromatic rings. The van der Waals surface area contributed by atoms with Crippen LogP contribution in [-0.2, 0) is 0 Å². The van der Waals surface area contributed by atoms with Crippen LogP contribution in [-0.4, -0.2) is 24.7 Å². The molecule has 0 aromatic carbocycles. The minimum Gasteiger partial charge on any atom is -0.394 e. The Labute approximate surface area is 91.1 Å². The second-order valence-electron chi connectivity index (χ2n) is 3.04. The van der Waals surface area contributed by atoms with Gasteiger partial charge < -0.3 is 5.73 Å². The fourth-order valence-corrected chi connectivity index (χ4v) is 1.38. The van der Waals surface area contributed by atoms with Crippen molar-refractivity contribution in [2.45, 2.75) is 13.8 Å². The monoisotopic (exact) mass is 224 g/mol. The normalized spacial score (nSPS) is 10.6. The van der Waals surface area contributed by atoms with Crippen LogP contribution in [0.25, 0.3) is 5.82 Å². The van der Waals surface area contributed by atoms with Gasteiger partial charge in [0.25, 0.3) is 0 Å². The molecular formula is C8H9ClN6. The second kappa shape index (κ2) is 3.47. The highest BCUT2D eigenvalue weighted by Crippen LogP contribution is 2.15. The molecule has 0 spiro atoms. The van der Waals surface area contributed by atoms with Crippen LogP contribution >= 0.6 is 11.6 Å². The zero-order chi connectivity index (χ0) is 11.0. The van der Waals surface area contributed by atoms with Gasteiger partial charge in [-0.25, -0.2) is 9.97 Å². The Morgan fingerprint density at radius 3 is 2.67 bits per heavy atom. The Hall–Kier alpha value is -1.69. The molecule has 0 amide bonds. The fourth-order valence-electron chi connectivity index (χ4n) is 1.25. The lowest BCUT2D eigenvalue weighted by molar-refractivity contribution is 0.801. The van der Waals surface area contributed by atoms with Gasteiger partial charge in [0.15, 0.2) is 5.82 Å². The van der Waals surface area contributed by atoms with Gasteiger partial charge in [-0.1, -0.05) is 0 Å². The van der Waals surface area contributed by atoms with E-state index < -0.39 is 0 Å². The van der Waals surface area contributed by atoms with Gasteiger partial charge in [-0.15, -0.1) is 5.10 Å². The van der Waals surface area contributed by atoms with Crippen molar-refractivity contribution in [3.8, 4) is 5.82 Å². The number of nitrogens with zero attached hydrogens (tertiary/aromatic N) is 5. The molecule has 78 valence electrons. The minimum absolute atomic E-state index is 0.131. The van der Waals surface area contributed by atoms with E-state index in [1.807, 2.05) is 6.92 Å². The van der Waals surface area contributed by atoms with Crippen molar-refractivity contribution in [3.05, 3.63) is 23.1 Å². The number of anilines is 1. The number of aromatic nitrogens is 5. The Balaban J connectivity index is 2.62. The maximum absolute atomic E-state index is 5.73. The number of hydrogen-bond acceptors (Lipinski definition) is 5. The van der Waals surface area contributed by atoms with Crippen molar-refractivity contribution in [2.75, 3.05) is 5.73 Å². The van der Waals surface area contributed by atoms with Crippen molar-refractivity contribution in [1.29, 1.82) is 0 Å². The fraction of sp³-hybridized carbons (Fsp3) is 0.250.